The summed E-state index contributed by atoms with van der Waals surface area (Å²) in [5.74, 6) is 0.978. The molecule has 2 aromatic rings. The molecular weight excluding hydrogens is 308 g/mol. The summed E-state index contributed by atoms with van der Waals surface area (Å²) >= 11 is 5.50. The van der Waals surface area contributed by atoms with Gasteiger partial charge in [-0.1, -0.05) is 34.1 Å². The minimum atomic E-state index is 0.314. The monoisotopic (exact) mass is 324 g/mol. The van der Waals surface area contributed by atoms with E-state index in [0.29, 0.717) is 4.83 Å². The highest BCUT2D eigenvalue weighted by Gasteiger charge is 2.15. The standard InChI is InChI=1S/C15H17BrOS/c1-10-4-5-12(8-11(10)2)9-13(16)15-14(17-3)6-7-18-15/h4-8,13H,9H2,1-3H3. The van der Waals surface area contributed by atoms with Crippen LogP contribution in [0.5, 0.6) is 5.75 Å². The topological polar surface area (TPSA) is 9.23 Å². The van der Waals surface area contributed by atoms with E-state index in [1.807, 2.05) is 6.07 Å². The summed E-state index contributed by atoms with van der Waals surface area (Å²) in [5, 5.41) is 2.07. The van der Waals surface area contributed by atoms with Crippen LogP contribution in [0.2, 0.25) is 0 Å². The van der Waals surface area contributed by atoms with Crippen LogP contribution >= 0.6 is 27.3 Å². The van der Waals surface area contributed by atoms with E-state index in [1.54, 1.807) is 18.4 Å². The van der Waals surface area contributed by atoms with Crippen LogP contribution in [-0.4, -0.2) is 7.11 Å². The molecule has 0 N–H and O–H groups in total. The molecule has 0 amide bonds. The van der Waals surface area contributed by atoms with E-state index in [2.05, 4.69) is 53.4 Å². The number of aryl methyl sites for hydroxylation is 2. The molecule has 1 unspecified atom stereocenters. The maximum Gasteiger partial charge on any atom is 0.133 e. The van der Waals surface area contributed by atoms with Crippen molar-refractivity contribution in [3.8, 4) is 5.75 Å². The smallest absolute Gasteiger partial charge is 0.133 e. The molecule has 0 aliphatic carbocycles. The average Bonchev–Trinajstić information content (AvgIpc) is 2.82. The lowest BCUT2D eigenvalue weighted by Gasteiger charge is -2.11. The maximum absolute atomic E-state index is 5.37. The Morgan fingerprint density at radius 3 is 2.67 bits per heavy atom. The van der Waals surface area contributed by atoms with Gasteiger partial charge >= 0.3 is 0 Å². The highest BCUT2D eigenvalue weighted by atomic mass is 79.9. The zero-order valence-corrected chi connectivity index (χ0v) is 13.3. The number of rotatable bonds is 4. The summed E-state index contributed by atoms with van der Waals surface area (Å²) < 4.78 is 5.37. The molecule has 0 bridgehead atoms. The molecule has 1 atom stereocenters. The lowest BCUT2D eigenvalue weighted by atomic mass is 10.0. The first-order valence-electron chi connectivity index (χ1n) is 5.93. The second-order valence-electron chi connectivity index (χ2n) is 4.44. The van der Waals surface area contributed by atoms with Crippen molar-refractivity contribution in [1.82, 2.24) is 0 Å². The molecule has 18 heavy (non-hydrogen) atoms. The number of methoxy groups -OCH3 is 1. The molecule has 1 aromatic carbocycles. The zero-order valence-electron chi connectivity index (χ0n) is 10.9. The number of ether oxygens (including phenoxy) is 1. The number of halogens is 1. The fourth-order valence-electron chi connectivity index (χ4n) is 1.94. The van der Waals surface area contributed by atoms with Gasteiger partial charge in [-0.3, -0.25) is 0 Å². The molecule has 0 saturated carbocycles. The van der Waals surface area contributed by atoms with Gasteiger partial charge in [0.25, 0.3) is 0 Å². The molecule has 0 aliphatic heterocycles. The first-order chi connectivity index (χ1) is 8.61. The second-order valence-corrected chi connectivity index (χ2v) is 6.50. The Labute approximate surface area is 121 Å². The van der Waals surface area contributed by atoms with E-state index in [4.69, 9.17) is 4.74 Å². The van der Waals surface area contributed by atoms with Crippen molar-refractivity contribution in [2.24, 2.45) is 0 Å². The van der Waals surface area contributed by atoms with E-state index >= 15 is 0 Å². The van der Waals surface area contributed by atoms with Crippen molar-refractivity contribution < 1.29 is 4.74 Å². The van der Waals surface area contributed by atoms with Gasteiger partial charge in [-0.2, -0.15) is 0 Å². The summed E-state index contributed by atoms with van der Waals surface area (Å²) in [6.45, 7) is 4.31. The van der Waals surface area contributed by atoms with Crippen LogP contribution in [0.3, 0.4) is 0 Å². The summed E-state index contributed by atoms with van der Waals surface area (Å²) in [6, 6.07) is 8.69. The predicted molar refractivity (Wildman–Crippen MR) is 82.2 cm³/mol. The second kappa shape index (κ2) is 5.89. The Hall–Kier alpha value is -0.800. The number of hydrogen-bond donors (Lipinski definition) is 0. The van der Waals surface area contributed by atoms with E-state index < -0.39 is 0 Å². The van der Waals surface area contributed by atoms with Gasteiger partial charge in [-0.15, -0.1) is 11.3 Å². The van der Waals surface area contributed by atoms with Crippen LogP contribution in [0.4, 0.5) is 0 Å². The van der Waals surface area contributed by atoms with Gasteiger partial charge in [0.2, 0.25) is 0 Å². The lowest BCUT2D eigenvalue weighted by molar-refractivity contribution is 0.412. The highest BCUT2D eigenvalue weighted by Crippen LogP contribution is 2.38. The lowest BCUT2D eigenvalue weighted by Crippen LogP contribution is -1.96. The SMILES string of the molecule is COc1ccsc1C(Br)Cc1ccc(C)c(C)c1. The van der Waals surface area contributed by atoms with Crippen LogP contribution < -0.4 is 4.74 Å². The molecular formula is C15H17BrOS. The summed E-state index contributed by atoms with van der Waals surface area (Å²) in [6.07, 6.45) is 0.984. The Bertz CT molecular complexity index is 533. The van der Waals surface area contributed by atoms with Crippen molar-refractivity contribution in [3.05, 3.63) is 51.2 Å². The fraction of sp³-hybridized carbons (Fsp3) is 0.333. The minimum Gasteiger partial charge on any atom is -0.496 e. The van der Waals surface area contributed by atoms with Gasteiger partial charge in [-0.25, -0.2) is 0 Å². The molecule has 2 rings (SSSR count). The fourth-order valence-corrected chi connectivity index (χ4v) is 3.70. The number of hydrogen-bond acceptors (Lipinski definition) is 2. The minimum absolute atomic E-state index is 0.314. The largest absolute Gasteiger partial charge is 0.496 e. The molecule has 1 heterocycles. The third-order valence-corrected chi connectivity index (χ3v) is 5.24. The normalized spacial score (nSPS) is 12.4. The highest BCUT2D eigenvalue weighted by molar-refractivity contribution is 9.09. The van der Waals surface area contributed by atoms with Gasteiger partial charge < -0.3 is 4.74 Å². The van der Waals surface area contributed by atoms with Crippen LogP contribution in [0.15, 0.2) is 29.6 Å². The van der Waals surface area contributed by atoms with Crippen LogP contribution in [0.25, 0.3) is 0 Å². The summed E-state index contributed by atoms with van der Waals surface area (Å²) in [5.41, 5.74) is 4.05. The Morgan fingerprint density at radius 1 is 1.22 bits per heavy atom. The number of benzene rings is 1. The molecule has 0 aliphatic rings. The molecule has 0 spiro atoms. The van der Waals surface area contributed by atoms with Crippen LogP contribution in [0, 0.1) is 13.8 Å². The van der Waals surface area contributed by atoms with Gasteiger partial charge in [0, 0.05) is 0 Å². The van der Waals surface area contributed by atoms with Crippen LogP contribution in [-0.2, 0) is 6.42 Å². The van der Waals surface area contributed by atoms with Crippen LogP contribution in [0.1, 0.15) is 26.4 Å². The van der Waals surface area contributed by atoms with E-state index in [9.17, 15) is 0 Å². The third-order valence-electron chi connectivity index (χ3n) is 3.15. The molecule has 1 aromatic heterocycles. The first kappa shape index (κ1) is 13.6. The molecule has 0 radical (unpaired) electrons. The Balaban J connectivity index is 2.16. The van der Waals surface area contributed by atoms with Crippen molar-refractivity contribution >= 4 is 27.3 Å². The predicted octanol–water partition coefficient (Wildman–Crippen LogP) is 5.05. The van der Waals surface area contributed by atoms with Gasteiger partial charge in [0.1, 0.15) is 5.75 Å². The van der Waals surface area contributed by atoms with Gasteiger partial charge in [0.15, 0.2) is 0 Å². The average molecular weight is 325 g/mol. The van der Waals surface area contributed by atoms with Gasteiger partial charge in [-0.05, 0) is 48.4 Å². The first-order valence-corrected chi connectivity index (χ1v) is 7.73. The van der Waals surface area contributed by atoms with Crippen molar-refractivity contribution in [1.29, 1.82) is 0 Å². The maximum atomic E-state index is 5.37. The Kier molecular flexibility index (Phi) is 4.46. The van der Waals surface area contributed by atoms with Gasteiger partial charge in [0.05, 0.1) is 16.8 Å². The van der Waals surface area contributed by atoms with E-state index in [0.717, 1.165) is 12.2 Å². The third kappa shape index (κ3) is 2.96. The van der Waals surface area contributed by atoms with Crippen molar-refractivity contribution in [2.75, 3.05) is 7.11 Å². The molecule has 3 heteroatoms. The molecule has 1 nitrogen and oxygen atoms in total. The van der Waals surface area contributed by atoms with Crippen molar-refractivity contribution in [2.45, 2.75) is 25.1 Å². The quantitative estimate of drug-likeness (QED) is 0.715. The van der Waals surface area contributed by atoms with E-state index in [1.165, 1.54) is 21.6 Å². The molecule has 96 valence electrons. The zero-order chi connectivity index (χ0) is 13.1. The Morgan fingerprint density at radius 2 is 2.00 bits per heavy atom. The van der Waals surface area contributed by atoms with E-state index in [-0.39, 0.29) is 0 Å². The summed E-state index contributed by atoms with van der Waals surface area (Å²) in [7, 11) is 1.72. The molecule has 0 saturated heterocycles. The number of alkyl halides is 1. The van der Waals surface area contributed by atoms with Crippen molar-refractivity contribution in [3.63, 3.8) is 0 Å². The molecule has 0 fully saturated rings. The summed E-state index contributed by atoms with van der Waals surface area (Å²) in [4.78, 5) is 1.57. The number of thiophene rings is 1.